The number of nitrogens with zero attached hydrogens (tertiary/aromatic N) is 1. The lowest BCUT2D eigenvalue weighted by Gasteiger charge is -2.20. The van der Waals surface area contributed by atoms with Crippen LogP contribution in [0.2, 0.25) is 0 Å². The number of carbonyl (C=O) groups is 2. The summed E-state index contributed by atoms with van der Waals surface area (Å²) in [5.41, 5.74) is 0.984. The maximum atomic E-state index is 13.6. The van der Waals surface area contributed by atoms with E-state index in [1.54, 1.807) is 26.8 Å². The molecule has 0 aliphatic rings. The van der Waals surface area contributed by atoms with Crippen molar-refractivity contribution in [1.29, 1.82) is 0 Å². The van der Waals surface area contributed by atoms with Crippen LogP contribution in [0, 0.1) is 5.82 Å². The Kier molecular flexibility index (Phi) is 6.07. The molecule has 0 saturated carbocycles. The predicted octanol–water partition coefficient (Wildman–Crippen LogP) is 5.04. The zero-order valence-corrected chi connectivity index (χ0v) is 16.9. The number of nitrogens with one attached hydrogen (secondary N) is 2. The number of hydrogen-bond acceptors (Lipinski definition) is 6. The summed E-state index contributed by atoms with van der Waals surface area (Å²) < 4.78 is 24.4. The number of fused-ring (bicyclic) bond motifs is 1. The fraction of sp³-hybridized carbons (Fsp3) is 0.250. The van der Waals surface area contributed by atoms with Crippen LogP contribution in [0.1, 0.15) is 20.8 Å². The monoisotopic (exact) mass is 417 g/mol. The summed E-state index contributed by atoms with van der Waals surface area (Å²) in [6.45, 7) is 5.18. The van der Waals surface area contributed by atoms with Gasteiger partial charge in [-0.05, 0) is 51.1 Å². The first-order chi connectivity index (χ1) is 13.7. The van der Waals surface area contributed by atoms with Gasteiger partial charge in [0.2, 0.25) is 5.91 Å². The summed E-state index contributed by atoms with van der Waals surface area (Å²) in [5, 5.41) is 5.45. The SMILES string of the molecule is CC(C)(C)OC(=O)Nc1ccc(F)cc1NC(=O)CSc1nc2ccccc2o1. The molecule has 0 aliphatic carbocycles. The summed E-state index contributed by atoms with van der Waals surface area (Å²) in [6.07, 6.45) is -0.708. The third-order valence-electron chi connectivity index (χ3n) is 3.49. The lowest BCUT2D eigenvalue weighted by atomic mass is 10.2. The van der Waals surface area contributed by atoms with Crippen LogP contribution in [-0.4, -0.2) is 28.3 Å². The molecule has 0 radical (unpaired) electrons. The van der Waals surface area contributed by atoms with Gasteiger partial charge in [0.05, 0.1) is 17.1 Å². The summed E-state index contributed by atoms with van der Waals surface area (Å²) in [6, 6.07) is 10.9. The van der Waals surface area contributed by atoms with E-state index in [1.807, 2.05) is 18.2 Å². The van der Waals surface area contributed by atoms with E-state index in [1.165, 1.54) is 12.1 Å². The average Bonchev–Trinajstić information content (AvgIpc) is 3.04. The van der Waals surface area contributed by atoms with Crippen LogP contribution >= 0.6 is 11.8 Å². The van der Waals surface area contributed by atoms with E-state index in [9.17, 15) is 14.0 Å². The fourth-order valence-corrected chi connectivity index (χ4v) is 3.01. The Morgan fingerprint density at radius 3 is 2.62 bits per heavy atom. The number of ether oxygens (including phenoxy) is 1. The van der Waals surface area contributed by atoms with E-state index in [0.717, 1.165) is 17.8 Å². The van der Waals surface area contributed by atoms with E-state index < -0.39 is 23.4 Å². The molecule has 0 saturated heterocycles. The second-order valence-corrected chi connectivity index (χ2v) is 8.03. The average molecular weight is 417 g/mol. The number of amides is 2. The van der Waals surface area contributed by atoms with Crippen molar-refractivity contribution in [2.75, 3.05) is 16.4 Å². The van der Waals surface area contributed by atoms with Gasteiger partial charge >= 0.3 is 6.09 Å². The summed E-state index contributed by atoms with van der Waals surface area (Å²) in [7, 11) is 0. The van der Waals surface area contributed by atoms with Crippen LogP contribution in [-0.2, 0) is 9.53 Å². The first-order valence-corrected chi connectivity index (χ1v) is 9.76. The van der Waals surface area contributed by atoms with Crippen molar-refractivity contribution >= 4 is 46.2 Å². The van der Waals surface area contributed by atoms with Crippen LogP contribution < -0.4 is 10.6 Å². The number of para-hydroxylation sites is 2. The van der Waals surface area contributed by atoms with Crippen LogP contribution in [0.3, 0.4) is 0 Å². The third-order valence-corrected chi connectivity index (χ3v) is 4.32. The molecule has 0 bridgehead atoms. The van der Waals surface area contributed by atoms with Gasteiger partial charge in [-0.15, -0.1) is 0 Å². The fourth-order valence-electron chi connectivity index (χ4n) is 2.37. The molecule has 2 N–H and O–H groups in total. The van der Waals surface area contributed by atoms with Crippen LogP contribution in [0.15, 0.2) is 52.1 Å². The highest BCUT2D eigenvalue weighted by molar-refractivity contribution is 7.99. The highest BCUT2D eigenvalue weighted by Crippen LogP contribution is 2.26. The Morgan fingerprint density at radius 1 is 1.14 bits per heavy atom. The lowest BCUT2D eigenvalue weighted by molar-refractivity contribution is -0.113. The standard InChI is InChI=1S/C20H20FN3O4S/c1-20(2,3)28-18(26)23-13-9-8-12(21)10-15(13)22-17(25)11-29-19-24-14-6-4-5-7-16(14)27-19/h4-10H,11H2,1-3H3,(H,22,25)(H,23,26). The molecule has 152 valence electrons. The second kappa shape index (κ2) is 8.52. The largest absolute Gasteiger partial charge is 0.444 e. The molecular weight excluding hydrogens is 397 g/mol. The van der Waals surface area contributed by atoms with E-state index in [4.69, 9.17) is 9.15 Å². The number of oxazole rings is 1. The molecule has 1 heterocycles. The number of carbonyl (C=O) groups excluding carboxylic acids is 2. The molecule has 7 nitrogen and oxygen atoms in total. The molecule has 2 amide bonds. The van der Waals surface area contributed by atoms with E-state index >= 15 is 0 Å². The zero-order valence-electron chi connectivity index (χ0n) is 16.1. The zero-order chi connectivity index (χ0) is 21.0. The van der Waals surface area contributed by atoms with Gasteiger partial charge in [0.15, 0.2) is 5.58 Å². The van der Waals surface area contributed by atoms with Crippen molar-refractivity contribution < 1.29 is 23.1 Å². The van der Waals surface area contributed by atoms with E-state index in [0.29, 0.717) is 16.3 Å². The van der Waals surface area contributed by atoms with Gasteiger partial charge in [-0.25, -0.2) is 14.2 Å². The maximum absolute atomic E-state index is 13.6. The molecule has 0 unspecified atom stereocenters. The van der Waals surface area contributed by atoms with Gasteiger partial charge in [0.1, 0.15) is 16.9 Å². The summed E-state index contributed by atoms with van der Waals surface area (Å²) in [4.78, 5) is 28.6. The molecule has 3 rings (SSSR count). The third kappa shape index (κ3) is 5.95. The molecule has 9 heteroatoms. The number of halogens is 1. The Morgan fingerprint density at radius 2 is 1.90 bits per heavy atom. The summed E-state index contributed by atoms with van der Waals surface area (Å²) >= 11 is 1.11. The molecule has 0 aliphatic heterocycles. The Labute approximate surface area is 171 Å². The first kappa shape index (κ1) is 20.7. The van der Waals surface area contributed by atoms with Crippen molar-refractivity contribution in [2.24, 2.45) is 0 Å². The maximum Gasteiger partial charge on any atom is 0.412 e. The van der Waals surface area contributed by atoms with Crippen LogP contribution in [0.5, 0.6) is 0 Å². The Bertz CT molecular complexity index is 1010. The normalized spacial score (nSPS) is 11.3. The highest BCUT2D eigenvalue weighted by atomic mass is 32.2. The minimum absolute atomic E-state index is 0.00475. The molecule has 2 aromatic carbocycles. The molecular formula is C20H20FN3O4S. The lowest BCUT2D eigenvalue weighted by Crippen LogP contribution is -2.27. The van der Waals surface area contributed by atoms with Gasteiger partial charge in [-0.1, -0.05) is 23.9 Å². The van der Waals surface area contributed by atoms with Crippen molar-refractivity contribution in [3.8, 4) is 0 Å². The molecule has 1 aromatic heterocycles. The van der Waals surface area contributed by atoms with Crippen molar-refractivity contribution in [1.82, 2.24) is 4.98 Å². The minimum Gasteiger partial charge on any atom is -0.444 e. The molecule has 29 heavy (non-hydrogen) atoms. The molecule has 0 spiro atoms. The topological polar surface area (TPSA) is 93.5 Å². The summed E-state index contributed by atoms with van der Waals surface area (Å²) in [5.74, 6) is -0.966. The minimum atomic E-state index is -0.708. The van der Waals surface area contributed by atoms with Gasteiger partial charge < -0.3 is 14.5 Å². The Balaban J connectivity index is 1.64. The van der Waals surface area contributed by atoms with Crippen molar-refractivity contribution in [3.63, 3.8) is 0 Å². The van der Waals surface area contributed by atoms with Gasteiger partial charge in [-0.2, -0.15) is 0 Å². The Hall–Kier alpha value is -3.07. The number of thioether (sulfide) groups is 1. The number of rotatable bonds is 5. The van der Waals surface area contributed by atoms with Gasteiger partial charge in [-0.3, -0.25) is 10.1 Å². The first-order valence-electron chi connectivity index (χ1n) is 8.77. The van der Waals surface area contributed by atoms with E-state index in [2.05, 4.69) is 15.6 Å². The van der Waals surface area contributed by atoms with Crippen molar-refractivity contribution in [2.45, 2.75) is 31.6 Å². The quantitative estimate of drug-likeness (QED) is 0.565. The van der Waals surface area contributed by atoms with Gasteiger partial charge in [0.25, 0.3) is 5.22 Å². The highest BCUT2D eigenvalue weighted by Gasteiger charge is 2.18. The van der Waals surface area contributed by atoms with Crippen molar-refractivity contribution in [3.05, 3.63) is 48.3 Å². The smallest absolute Gasteiger partial charge is 0.412 e. The van der Waals surface area contributed by atoms with Crippen LogP contribution in [0.25, 0.3) is 11.1 Å². The predicted molar refractivity (Wildman–Crippen MR) is 110 cm³/mol. The second-order valence-electron chi connectivity index (χ2n) is 7.10. The molecule has 0 fully saturated rings. The molecule has 3 aromatic rings. The number of hydrogen-bond donors (Lipinski definition) is 2. The van der Waals surface area contributed by atoms with Gasteiger partial charge in [0, 0.05) is 0 Å². The number of anilines is 2. The van der Waals surface area contributed by atoms with Crippen LogP contribution in [0.4, 0.5) is 20.6 Å². The number of aromatic nitrogens is 1. The number of benzene rings is 2. The molecule has 0 atom stereocenters. The van der Waals surface area contributed by atoms with E-state index in [-0.39, 0.29) is 17.1 Å².